The van der Waals surface area contributed by atoms with Crippen LogP contribution in [0.2, 0.25) is 5.02 Å². The minimum Gasteiger partial charge on any atom is -0.312 e. The number of nitrogens with one attached hydrogen (secondary N) is 1. The van der Waals surface area contributed by atoms with Crippen molar-refractivity contribution in [1.82, 2.24) is 10.3 Å². The van der Waals surface area contributed by atoms with E-state index >= 15 is 0 Å². The van der Waals surface area contributed by atoms with Gasteiger partial charge in [0.05, 0.1) is 10.7 Å². The Bertz CT molecular complexity index is 246. The van der Waals surface area contributed by atoms with Crippen LogP contribution >= 0.6 is 11.6 Å². The third-order valence-electron chi connectivity index (χ3n) is 2.03. The van der Waals surface area contributed by atoms with Crippen LogP contribution in [-0.2, 0) is 0 Å². The second kappa shape index (κ2) is 5.20. The second-order valence-electron chi connectivity index (χ2n) is 3.03. The molecular formula is C10H15ClN2. The molecule has 13 heavy (non-hydrogen) atoms. The van der Waals surface area contributed by atoms with Crippen LogP contribution in [-0.4, -0.2) is 12.0 Å². The molecule has 0 aliphatic rings. The van der Waals surface area contributed by atoms with E-state index in [0.29, 0.717) is 11.1 Å². The summed E-state index contributed by atoms with van der Waals surface area (Å²) in [6.45, 7) is 2.17. The number of hydrogen-bond acceptors (Lipinski definition) is 2. The van der Waals surface area contributed by atoms with E-state index in [1.54, 1.807) is 6.20 Å². The van der Waals surface area contributed by atoms with Gasteiger partial charge >= 0.3 is 0 Å². The number of rotatable bonds is 4. The lowest BCUT2D eigenvalue weighted by Crippen LogP contribution is -2.17. The Morgan fingerprint density at radius 2 is 2.31 bits per heavy atom. The molecule has 0 saturated carbocycles. The zero-order chi connectivity index (χ0) is 9.68. The van der Waals surface area contributed by atoms with Crippen LogP contribution in [0.3, 0.4) is 0 Å². The molecule has 0 aliphatic carbocycles. The van der Waals surface area contributed by atoms with Gasteiger partial charge in [-0.15, -0.1) is 0 Å². The van der Waals surface area contributed by atoms with Gasteiger partial charge in [-0.1, -0.05) is 24.9 Å². The molecule has 0 radical (unpaired) electrons. The summed E-state index contributed by atoms with van der Waals surface area (Å²) in [4.78, 5) is 4.27. The van der Waals surface area contributed by atoms with E-state index in [0.717, 1.165) is 18.5 Å². The lowest BCUT2D eigenvalue weighted by Gasteiger charge is -2.13. The Labute approximate surface area is 84.3 Å². The van der Waals surface area contributed by atoms with Gasteiger partial charge in [-0.3, -0.25) is 4.98 Å². The van der Waals surface area contributed by atoms with Crippen LogP contribution in [0.4, 0.5) is 0 Å². The first kappa shape index (κ1) is 10.5. The lowest BCUT2D eigenvalue weighted by molar-refractivity contribution is 0.529. The zero-order valence-electron chi connectivity index (χ0n) is 8.05. The van der Waals surface area contributed by atoms with Gasteiger partial charge in [0, 0.05) is 12.2 Å². The first-order chi connectivity index (χ1) is 6.27. The van der Waals surface area contributed by atoms with Gasteiger partial charge in [-0.25, -0.2) is 0 Å². The molecule has 0 amide bonds. The van der Waals surface area contributed by atoms with Gasteiger partial charge in [0.1, 0.15) is 0 Å². The van der Waals surface area contributed by atoms with Gasteiger partial charge in [0.25, 0.3) is 0 Å². The van der Waals surface area contributed by atoms with Gasteiger partial charge in [-0.2, -0.15) is 0 Å². The van der Waals surface area contributed by atoms with E-state index in [2.05, 4.69) is 17.2 Å². The molecular weight excluding hydrogens is 184 g/mol. The van der Waals surface area contributed by atoms with Crippen LogP contribution in [0, 0.1) is 0 Å². The molecule has 3 heteroatoms. The number of hydrogen-bond donors (Lipinski definition) is 1. The molecule has 72 valence electrons. The fourth-order valence-electron chi connectivity index (χ4n) is 1.32. The minimum absolute atomic E-state index is 0.349. The molecule has 0 bridgehead atoms. The van der Waals surface area contributed by atoms with Crippen molar-refractivity contribution in [1.29, 1.82) is 0 Å². The number of pyridine rings is 1. The molecule has 1 heterocycles. The monoisotopic (exact) mass is 198 g/mol. The molecule has 1 unspecified atom stereocenters. The average Bonchev–Trinajstić information content (AvgIpc) is 2.16. The molecule has 1 aromatic heterocycles. The first-order valence-corrected chi connectivity index (χ1v) is 4.94. The third kappa shape index (κ3) is 2.98. The summed E-state index contributed by atoms with van der Waals surface area (Å²) in [6, 6.07) is 4.20. The molecule has 1 N–H and O–H groups in total. The number of halogens is 1. The summed E-state index contributed by atoms with van der Waals surface area (Å²) in [7, 11) is 1.95. The molecule has 0 fully saturated rings. The summed E-state index contributed by atoms with van der Waals surface area (Å²) in [5.74, 6) is 0. The number of nitrogens with zero attached hydrogens (tertiary/aromatic N) is 1. The highest BCUT2D eigenvalue weighted by Crippen LogP contribution is 2.17. The lowest BCUT2D eigenvalue weighted by atomic mass is 10.1. The van der Waals surface area contributed by atoms with E-state index in [9.17, 15) is 0 Å². The summed E-state index contributed by atoms with van der Waals surface area (Å²) in [5.41, 5.74) is 1.06. The Balaban J connectivity index is 2.73. The summed E-state index contributed by atoms with van der Waals surface area (Å²) in [6.07, 6.45) is 3.94. The highest BCUT2D eigenvalue weighted by Gasteiger charge is 2.08. The largest absolute Gasteiger partial charge is 0.312 e. The maximum Gasteiger partial charge on any atom is 0.0589 e. The third-order valence-corrected chi connectivity index (χ3v) is 2.26. The minimum atomic E-state index is 0.349. The normalized spacial score (nSPS) is 12.8. The van der Waals surface area contributed by atoms with Crippen molar-refractivity contribution < 1.29 is 0 Å². The van der Waals surface area contributed by atoms with E-state index in [-0.39, 0.29) is 0 Å². The maximum atomic E-state index is 5.75. The van der Waals surface area contributed by atoms with Crippen molar-refractivity contribution in [3.05, 3.63) is 29.0 Å². The molecule has 0 aromatic carbocycles. The van der Waals surface area contributed by atoms with Gasteiger partial charge in [0.15, 0.2) is 0 Å². The Kier molecular flexibility index (Phi) is 4.19. The molecule has 1 atom stereocenters. The van der Waals surface area contributed by atoms with Crippen LogP contribution in [0.5, 0.6) is 0 Å². The van der Waals surface area contributed by atoms with E-state index in [1.165, 1.54) is 0 Å². The smallest absolute Gasteiger partial charge is 0.0589 e. The molecule has 0 saturated heterocycles. The van der Waals surface area contributed by atoms with Crippen molar-refractivity contribution in [3.8, 4) is 0 Å². The summed E-state index contributed by atoms with van der Waals surface area (Å²) < 4.78 is 0. The fourth-order valence-corrected chi connectivity index (χ4v) is 1.43. The topological polar surface area (TPSA) is 24.9 Å². The maximum absolute atomic E-state index is 5.75. The molecule has 0 spiro atoms. The van der Waals surface area contributed by atoms with Crippen LogP contribution in [0.15, 0.2) is 18.3 Å². The SMILES string of the molecule is CCCC(NC)c1ccc(Cl)cn1. The average molecular weight is 199 g/mol. The quantitative estimate of drug-likeness (QED) is 0.805. The van der Waals surface area contributed by atoms with Gasteiger partial charge in [0.2, 0.25) is 0 Å². The van der Waals surface area contributed by atoms with E-state index < -0.39 is 0 Å². The van der Waals surface area contributed by atoms with Crippen molar-refractivity contribution in [2.24, 2.45) is 0 Å². The molecule has 1 rings (SSSR count). The first-order valence-electron chi connectivity index (χ1n) is 4.56. The predicted molar refractivity (Wildman–Crippen MR) is 56.0 cm³/mol. The van der Waals surface area contributed by atoms with Gasteiger partial charge < -0.3 is 5.32 Å². The Hall–Kier alpha value is -0.600. The Morgan fingerprint density at radius 3 is 2.77 bits per heavy atom. The highest BCUT2D eigenvalue weighted by molar-refractivity contribution is 6.30. The van der Waals surface area contributed by atoms with Crippen LogP contribution < -0.4 is 5.32 Å². The predicted octanol–water partition coefficient (Wildman–Crippen LogP) is 2.80. The second-order valence-corrected chi connectivity index (χ2v) is 3.47. The van der Waals surface area contributed by atoms with Gasteiger partial charge in [-0.05, 0) is 25.6 Å². The molecule has 0 aliphatic heterocycles. The molecule has 1 aromatic rings. The van der Waals surface area contributed by atoms with Crippen molar-refractivity contribution in [2.75, 3.05) is 7.05 Å². The molecule has 2 nitrogen and oxygen atoms in total. The van der Waals surface area contributed by atoms with Crippen molar-refractivity contribution >= 4 is 11.6 Å². The summed E-state index contributed by atoms with van der Waals surface area (Å²) >= 11 is 5.75. The van der Waals surface area contributed by atoms with E-state index in [4.69, 9.17) is 11.6 Å². The van der Waals surface area contributed by atoms with Crippen LogP contribution in [0.25, 0.3) is 0 Å². The van der Waals surface area contributed by atoms with Crippen LogP contribution in [0.1, 0.15) is 31.5 Å². The van der Waals surface area contributed by atoms with Crippen molar-refractivity contribution in [3.63, 3.8) is 0 Å². The highest BCUT2D eigenvalue weighted by atomic mass is 35.5. The zero-order valence-corrected chi connectivity index (χ0v) is 8.80. The summed E-state index contributed by atoms with van der Waals surface area (Å²) in [5, 5.41) is 3.92. The number of aromatic nitrogens is 1. The van der Waals surface area contributed by atoms with E-state index in [1.807, 2.05) is 19.2 Å². The Morgan fingerprint density at radius 1 is 1.54 bits per heavy atom. The fraction of sp³-hybridized carbons (Fsp3) is 0.500. The standard InChI is InChI=1S/C10H15ClN2/c1-3-4-9(12-2)10-6-5-8(11)7-13-10/h5-7,9,12H,3-4H2,1-2H3. The van der Waals surface area contributed by atoms with Crippen molar-refractivity contribution in [2.45, 2.75) is 25.8 Å².